The third kappa shape index (κ3) is 3.77. The first-order valence-corrected chi connectivity index (χ1v) is 6.24. The minimum Gasteiger partial charge on any atom is -0.494 e. The molecular weight excluding hydrogens is 224 g/mol. The van der Waals surface area contributed by atoms with E-state index in [1.54, 1.807) is 12.4 Å². The lowest BCUT2D eigenvalue weighted by molar-refractivity contribution is 0.317. The van der Waals surface area contributed by atoms with Crippen molar-refractivity contribution in [3.63, 3.8) is 0 Å². The van der Waals surface area contributed by atoms with Gasteiger partial charge < -0.3 is 10.1 Å². The first-order valence-electron chi connectivity index (χ1n) is 6.24. The quantitative estimate of drug-likeness (QED) is 0.842. The van der Waals surface area contributed by atoms with Crippen LogP contribution in [0.25, 0.3) is 0 Å². The normalized spacial score (nSPS) is 10.1. The highest BCUT2D eigenvalue weighted by Crippen LogP contribution is 2.18. The maximum absolute atomic E-state index is 5.60. The molecule has 0 bridgehead atoms. The highest BCUT2D eigenvalue weighted by molar-refractivity contribution is 5.48. The van der Waals surface area contributed by atoms with Gasteiger partial charge in [-0.25, -0.2) is 0 Å². The Morgan fingerprint density at radius 1 is 1.17 bits per heavy atom. The zero-order valence-electron chi connectivity index (χ0n) is 10.6. The molecule has 1 heterocycles. The molecule has 0 radical (unpaired) electrons. The summed E-state index contributed by atoms with van der Waals surface area (Å²) in [4.78, 5) is 4.00. The number of nitrogens with zero attached hydrogens (tertiary/aromatic N) is 1. The molecule has 2 rings (SSSR count). The van der Waals surface area contributed by atoms with Crippen molar-refractivity contribution in [1.82, 2.24) is 4.98 Å². The van der Waals surface area contributed by atoms with Gasteiger partial charge in [-0.2, -0.15) is 0 Å². The molecule has 3 heteroatoms. The molecule has 0 aliphatic carbocycles. The Kier molecular flexibility index (Phi) is 4.59. The van der Waals surface area contributed by atoms with E-state index in [-0.39, 0.29) is 0 Å². The van der Waals surface area contributed by atoms with Crippen LogP contribution < -0.4 is 10.1 Å². The number of nitrogens with one attached hydrogen (secondary N) is 1. The highest BCUT2D eigenvalue weighted by Gasteiger charge is 1.97. The van der Waals surface area contributed by atoms with Gasteiger partial charge in [-0.1, -0.05) is 13.0 Å². The number of rotatable bonds is 6. The lowest BCUT2D eigenvalue weighted by Gasteiger charge is -2.09. The number of pyridine rings is 1. The second kappa shape index (κ2) is 6.64. The number of ether oxygens (including phenoxy) is 1. The van der Waals surface area contributed by atoms with Crippen LogP contribution >= 0.6 is 0 Å². The van der Waals surface area contributed by atoms with Crippen LogP contribution in [-0.2, 0) is 6.54 Å². The number of anilines is 1. The number of hydrogen-bond acceptors (Lipinski definition) is 3. The summed E-state index contributed by atoms with van der Waals surface area (Å²) in [6.45, 7) is 3.65. The summed E-state index contributed by atoms with van der Waals surface area (Å²) in [6, 6.07) is 12.1. The molecule has 1 N–H and O–H groups in total. The monoisotopic (exact) mass is 242 g/mol. The largest absolute Gasteiger partial charge is 0.494 e. The highest BCUT2D eigenvalue weighted by atomic mass is 16.5. The van der Waals surface area contributed by atoms with Crippen LogP contribution in [0.1, 0.15) is 18.9 Å². The summed E-state index contributed by atoms with van der Waals surface area (Å²) in [5.41, 5.74) is 2.28. The second-order valence-electron chi connectivity index (χ2n) is 4.09. The van der Waals surface area contributed by atoms with E-state index in [2.05, 4.69) is 17.2 Å². The van der Waals surface area contributed by atoms with Gasteiger partial charge >= 0.3 is 0 Å². The topological polar surface area (TPSA) is 34.1 Å². The summed E-state index contributed by atoms with van der Waals surface area (Å²) in [5, 5.41) is 3.37. The van der Waals surface area contributed by atoms with E-state index in [9.17, 15) is 0 Å². The van der Waals surface area contributed by atoms with E-state index in [1.807, 2.05) is 36.4 Å². The minimum absolute atomic E-state index is 0.758. The smallest absolute Gasteiger partial charge is 0.121 e. The van der Waals surface area contributed by atoms with E-state index in [0.29, 0.717) is 0 Å². The van der Waals surface area contributed by atoms with Gasteiger partial charge in [-0.3, -0.25) is 4.98 Å². The predicted octanol–water partition coefficient (Wildman–Crippen LogP) is 3.48. The third-order valence-corrected chi connectivity index (χ3v) is 2.55. The van der Waals surface area contributed by atoms with Gasteiger partial charge in [0.25, 0.3) is 0 Å². The minimum atomic E-state index is 0.758. The summed E-state index contributed by atoms with van der Waals surface area (Å²) in [6.07, 6.45) is 4.63. The van der Waals surface area contributed by atoms with Gasteiger partial charge in [0, 0.05) is 30.7 Å². The van der Waals surface area contributed by atoms with Gasteiger partial charge in [0.05, 0.1) is 6.61 Å². The molecule has 0 fully saturated rings. The molecule has 0 spiro atoms. The molecule has 0 aliphatic heterocycles. The fraction of sp³-hybridized carbons (Fsp3) is 0.267. The van der Waals surface area contributed by atoms with E-state index in [4.69, 9.17) is 4.74 Å². The van der Waals surface area contributed by atoms with Crippen molar-refractivity contribution in [3.8, 4) is 5.75 Å². The molecule has 3 nitrogen and oxygen atoms in total. The summed E-state index contributed by atoms with van der Waals surface area (Å²) in [7, 11) is 0. The van der Waals surface area contributed by atoms with Crippen molar-refractivity contribution in [2.75, 3.05) is 11.9 Å². The number of benzene rings is 1. The van der Waals surface area contributed by atoms with Crippen LogP contribution in [-0.4, -0.2) is 11.6 Å². The second-order valence-corrected chi connectivity index (χ2v) is 4.09. The van der Waals surface area contributed by atoms with Crippen molar-refractivity contribution in [2.45, 2.75) is 19.9 Å². The fourth-order valence-corrected chi connectivity index (χ4v) is 1.62. The average molecular weight is 242 g/mol. The molecule has 0 saturated carbocycles. The Bertz CT molecular complexity index is 471. The first-order chi connectivity index (χ1) is 8.88. The van der Waals surface area contributed by atoms with Crippen LogP contribution in [0.5, 0.6) is 5.75 Å². The SMILES string of the molecule is CCCOc1cccc(NCc2ccncc2)c1. The van der Waals surface area contributed by atoms with Gasteiger partial charge in [0.1, 0.15) is 5.75 Å². The molecule has 94 valence electrons. The Balaban J connectivity index is 1.93. The van der Waals surface area contributed by atoms with E-state index < -0.39 is 0 Å². The molecule has 1 aromatic heterocycles. The molecule has 0 amide bonds. The van der Waals surface area contributed by atoms with Crippen LogP contribution in [0.2, 0.25) is 0 Å². The molecule has 0 saturated heterocycles. The van der Waals surface area contributed by atoms with Gasteiger partial charge in [-0.05, 0) is 36.2 Å². The first kappa shape index (κ1) is 12.4. The number of aromatic nitrogens is 1. The van der Waals surface area contributed by atoms with E-state index >= 15 is 0 Å². The molecule has 0 atom stereocenters. The summed E-state index contributed by atoms with van der Waals surface area (Å²) >= 11 is 0. The predicted molar refractivity (Wildman–Crippen MR) is 73.8 cm³/mol. The van der Waals surface area contributed by atoms with E-state index in [1.165, 1.54) is 5.56 Å². The molecule has 18 heavy (non-hydrogen) atoms. The van der Waals surface area contributed by atoms with Gasteiger partial charge in [-0.15, -0.1) is 0 Å². The lowest BCUT2D eigenvalue weighted by Crippen LogP contribution is -2.00. The van der Waals surface area contributed by atoms with Crippen LogP contribution in [0, 0.1) is 0 Å². The zero-order chi connectivity index (χ0) is 12.6. The third-order valence-electron chi connectivity index (χ3n) is 2.55. The van der Waals surface area contributed by atoms with Crippen molar-refractivity contribution in [3.05, 3.63) is 54.4 Å². The Morgan fingerprint density at radius 2 is 2.00 bits per heavy atom. The van der Waals surface area contributed by atoms with Crippen molar-refractivity contribution >= 4 is 5.69 Å². The van der Waals surface area contributed by atoms with Crippen LogP contribution in [0.15, 0.2) is 48.8 Å². The van der Waals surface area contributed by atoms with Crippen molar-refractivity contribution < 1.29 is 4.74 Å². The fourth-order valence-electron chi connectivity index (χ4n) is 1.62. The Morgan fingerprint density at radius 3 is 2.78 bits per heavy atom. The van der Waals surface area contributed by atoms with Crippen molar-refractivity contribution in [1.29, 1.82) is 0 Å². The number of hydrogen-bond donors (Lipinski definition) is 1. The Labute approximate surface area is 108 Å². The summed E-state index contributed by atoms with van der Waals surface area (Å²) in [5.74, 6) is 0.913. The van der Waals surface area contributed by atoms with E-state index in [0.717, 1.165) is 31.0 Å². The maximum Gasteiger partial charge on any atom is 0.121 e. The molecule has 1 aromatic carbocycles. The Hall–Kier alpha value is -2.03. The molecular formula is C15H18N2O. The van der Waals surface area contributed by atoms with Gasteiger partial charge in [0.15, 0.2) is 0 Å². The molecule has 0 aliphatic rings. The standard InChI is InChI=1S/C15H18N2O/c1-2-10-18-15-5-3-4-14(11-15)17-12-13-6-8-16-9-7-13/h3-9,11,17H,2,10,12H2,1H3. The summed E-state index contributed by atoms with van der Waals surface area (Å²) < 4.78 is 5.60. The van der Waals surface area contributed by atoms with Gasteiger partial charge in [0.2, 0.25) is 0 Å². The van der Waals surface area contributed by atoms with Crippen LogP contribution in [0.3, 0.4) is 0 Å². The molecule has 0 unspecified atom stereocenters. The maximum atomic E-state index is 5.60. The zero-order valence-corrected chi connectivity index (χ0v) is 10.6. The average Bonchev–Trinajstić information content (AvgIpc) is 2.44. The molecule has 2 aromatic rings. The van der Waals surface area contributed by atoms with Crippen LogP contribution in [0.4, 0.5) is 5.69 Å². The lowest BCUT2D eigenvalue weighted by atomic mass is 10.2. The van der Waals surface area contributed by atoms with Crippen molar-refractivity contribution in [2.24, 2.45) is 0 Å².